The van der Waals surface area contributed by atoms with Crippen LogP contribution in [0.4, 0.5) is 0 Å². The zero-order chi connectivity index (χ0) is 13.8. The van der Waals surface area contributed by atoms with E-state index in [-0.39, 0.29) is 11.8 Å². The van der Waals surface area contributed by atoms with Crippen molar-refractivity contribution in [3.8, 4) is 0 Å². The average Bonchev–Trinajstić information content (AvgIpc) is 2.41. The van der Waals surface area contributed by atoms with Crippen molar-refractivity contribution >= 4 is 29.1 Å². The van der Waals surface area contributed by atoms with E-state index in [0.717, 1.165) is 5.56 Å². The standard InChI is InChI=1S/C13H14ClN3O2/c1-17(8-9-4-2-3-5-10(9)14)13(19)11-6-7-12(18)16-15-11/h2-5H,6-8H2,1H3,(H,16,18). The number of hydrogen-bond donors (Lipinski definition) is 1. The van der Waals surface area contributed by atoms with Gasteiger partial charge in [0.05, 0.1) is 0 Å². The van der Waals surface area contributed by atoms with Crippen LogP contribution in [0, 0.1) is 0 Å². The zero-order valence-electron chi connectivity index (χ0n) is 10.5. The number of carbonyl (C=O) groups is 2. The third-order valence-electron chi connectivity index (χ3n) is 2.86. The number of hydrogen-bond acceptors (Lipinski definition) is 3. The number of carbonyl (C=O) groups excluding carboxylic acids is 2. The minimum absolute atomic E-state index is 0.162. The van der Waals surface area contributed by atoms with Crippen LogP contribution in [0.1, 0.15) is 18.4 Å². The predicted molar refractivity (Wildman–Crippen MR) is 72.7 cm³/mol. The van der Waals surface area contributed by atoms with Crippen LogP contribution in [0.25, 0.3) is 0 Å². The molecular formula is C13H14ClN3O2. The number of benzene rings is 1. The monoisotopic (exact) mass is 279 g/mol. The van der Waals surface area contributed by atoms with E-state index in [4.69, 9.17) is 11.6 Å². The van der Waals surface area contributed by atoms with E-state index in [9.17, 15) is 9.59 Å². The Hall–Kier alpha value is -1.88. The van der Waals surface area contributed by atoms with Gasteiger partial charge in [-0.05, 0) is 11.6 Å². The van der Waals surface area contributed by atoms with Crippen molar-refractivity contribution in [3.05, 3.63) is 34.9 Å². The molecule has 0 spiro atoms. The molecule has 2 amide bonds. The molecule has 6 heteroatoms. The van der Waals surface area contributed by atoms with Gasteiger partial charge in [-0.25, -0.2) is 5.43 Å². The second kappa shape index (κ2) is 5.84. The summed E-state index contributed by atoms with van der Waals surface area (Å²) in [4.78, 5) is 24.6. The van der Waals surface area contributed by atoms with Crippen LogP contribution in [0.5, 0.6) is 0 Å². The van der Waals surface area contributed by atoms with E-state index in [1.54, 1.807) is 13.1 Å². The normalized spacial score (nSPS) is 14.6. The summed E-state index contributed by atoms with van der Waals surface area (Å²) >= 11 is 6.05. The lowest BCUT2D eigenvalue weighted by Gasteiger charge is -2.20. The largest absolute Gasteiger partial charge is 0.336 e. The number of nitrogens with one attached hydrogen (secondary N) is 1. The first-order chi connectivity index (χ1) is 9.08. The first kappa shape index (κ1) is 13.5. The van der Waals surface area contributed by atoms with Crippen LogP contribution in [-0.4, -0.2) is 29.5 Å². The molecule has 0 saturated carbocycles. The molecular weight excluding hydrogens is 266 g/mol. The van der Waals surface area contributed by atoms with Gasteiger partial charge < -0.3 is 4.90 Å². The number of halogens is 1. The maximum atomic E-state index is 12.1. The maximum Gasteiger partial charge on any atom is 0.270 e. The third-order valence-corrected chi connectivity index (χ3v) is 3.23. The fourth-order valence-corrected chi connectivity index (χ4v) is 2.00. The van der Waals surface area contributed by atoms with Crippen molar-refractivity contribution in [2.24, 2.45) is 5.10 Å². The lowest BCUT2D eigenvalue weighted by molar-refractivity contribution is -0.124. The van der Waals surface area contributed by atoms with Gasteiger partial charge in [0, 0.05) is 31.5 Å². The maximum absolute atomic E-state index is 12.1. The van der Waals surface area contributed by atoms with Gasteiger partial charge in [-0.3, -0.25) is 9.59 Å². The highest BCUT2D eigenvalue weighted by molar-refractivity contribution is 6.39. The number of rotatable bonds is 3. The molecule has 0 saturated heterocycles. The van der Waals surface area contributed by atoms with E-state index >= 15 is 0 Å². The Bertz CT molecular complexity index is 542. The average molecular weight is 280 g/mol. The fraction of sp³-hybridized carbons (Fsp3) is 0.308. The lowest BCUT2D eigenvalue weighted by atomic mass is 10.1. The highest BCUT2D eigenvalue weighted by Crippen LogP contribution is 2.17. The fourth-order valence-electron chi connectivity index (χ4n) is 1.80. The Kier molecular flexibility index (Phi) is 4.16. The van der Waals surface area contributed by atoms with Crippen LogP contribution in [0.2, 0.25) is 5.02 Å². The summed E-state index contributed by atoms with van der Waals surface area (Å²) in [5.41, 5.74) is 3.56. The van der Waals surface area contributed by atoms with Crippen molar-refractivity contribution in [3.63, 3.8) is 0 Å². The molecule has 0 radical (unpaired) electrons. The Balaban J connectivity index is 2.04. The molecule has 5 nitrogen and oxygen atoms in total. The molecule has 2 rings (SSSR count). The van der Waals surface area contributed by atoms with Gasteiger partial charge in [-0.1, -0.05) is 29.8 Å². The molecule has 1 aromatic carbocycles. The van der Waals surface area contributed by atoms with Crippen LogP contribution >= 0.6 is 11.6 Å². The first-order valence-corrected chi connectivity index (χ1v) is 6.30. The van der Waals surface area contributed by atoms with Gasteiger partial charge in [0.25, 0.3) is 5.91 Å². The topological polar surface area (TPSA) is 61.8 Å². The summed E-state index contributed by atoms with van der Waals surface area (Å²) in [7, 11) is 1.69. The van der Waals surface area contributed by atoms with Gasteiger partial charge in [-0.15, -0.1) is 0 Å². The molecule has 1 heterocycles. The summed E-state index contributed by atoms with van der Waals surface area (Å²) in [6.07, 6.45) is 0.669. The summed E-state index contributed by atoms with van der Waals surface area (Å²) in [5, 5.41) is 4.41. The molecule has 19 heavy (non-hydrogen) atoms. The summed E-state index contributed by atoms with van der Waals surface area (Å²) in [6, 6.07) is 7.37. The SMILES string of the molecule is CN(Cc1ccccc1Cl)C(=O)C1=NNC(=O)CC1. The Labute approximate surface area is 116 Å². The van der Waals surface area contributed by atoms with Crippen LogP contribution in [0.15, 0.2) is 29.4 Å². The Morgan fingerprint density at radius 2 is 2.16 bits per heavy atom. The number of amides is 2. The summed E-state index contributed by atoms with van der Waals surface area (Å²) < 4.78 is 0. The Morgan fingerprint density at radius 1 is 1.42 bits per heavy atom. The van der Waals surface area contributed by atoms with Crippen molar-refractivity contribution < 1.29 is 9.59 Å². The molecule has 1 N–H and O–H groups in total. The van der Waals surface area contributed by atoms with Crippen LogP contribution in [0.3, 0.4) is 0 Å². The first-order valence-electron chi connectivity index (χ1n) is 5.92. The molecule has 1 aliphatic rings. The zero-order valence-corrected chi connectivity index (χ0v) is 11.3. The molecule has 0 bridgehead atoms. The molecule has 0 fully saturated rings. The molecule has 1 aromatic rings. The minimum Gasteiger partial charge on any atom is -0.336 e. The van der Waals surface area contributed by atoms with Gasteiger partial charge in [0.1, 0.15) is 5.71 Å². The van der Waals surface area contributed by atoms with Gasteiger partial charge >= 0.3 is 0 Å². The second-order valence-electron chi connectivity index (χ2n) is 4.35. The van der Waals surface area contributed by atoms with Crippen molar-refractivity contribution in [1.82, 2.24) is 10.3 Å². The lowest BCUT2D eigenvalue weighted by Crippen LogP contribution is -2.37. The van der Waals surface area contributed by atoms with E-state index in [0.29, 0.717) is 30.1 Å². The quantitative estimate of drug-likeness (QED) is 0.913. The van der Waals surface area contributed by atoms with Gasteiger partial charge in [0.2, 0.25) is 5.91 Å². The van der Waals surface area contributed by atoms with Gasteiger partial charge in [-0.2, -0.15) is 5.10 Å². The van der Waals surface area contributed by atoms with E-state index in [1.807, 2.05) is 18.2 Å². The second-order valence-corrected chi connectivity index (χ2v) is 4.75. The smallest absolute Gasteiger partial charge is 0.270 e. The highest BCUT2D eigenvalue weighted by Gasteiger charge is 2.21. The molecule has 0 atom stereocenters. The van der Waals surface area contributed by atoms with Crippen molar-refractivity contribution in [1.29, 1.82) is 0 Å². The van der Waals surface area contributed by atoms with Gasteiger partial charge in [0.15, 0.2) is 0 Å². The summed E-state index contributed by atoms with van der Waals surface area (Å²) in [5.74, 6) is -0.356. The molecule has 0 unspecified atom stereocenters. The molecule has 0 aliphatic carbocycles. The predicted octanol–water partition coefficient (Wildman–Crippen LogP) is 1.56. The third kappa shape index (κ3) is 3.32. The van der Waals surface area contributed by atoms with E-state index in [2.05, 4.69) is 10.5 Å². The van der Waals surface area contributed by atoms with Crippen LogP contribution in [-0.2, 0) is 16.1 Å². The number of nitrogens with zero attached hydrogens (tertiary/aromatic N) is 2. The molecule has 1 aliphatic heterocycles. The van der Waals surface area contributed by atoms with E-state index in [1.165, 1.54) is 4.90 Å². The molecule has 0 aromatic heterocycles. The van der Waals surface area contributed by atoms with Crippen LogP contribution < -0.4 is 5.43 Å². The molecule has 100 valence electrons. The van der Waals surface area contributed by atoms with Crippen molar-refractivity contribution in [2.45, 2.75) is 19.4 Å². The highest BCUT2D eigenvalue weighted by atomic mass is 35.5. The van der Waals surface area contributed by atoms with Crippen molar-refractivity contribution in [2.75, 3.05) is 7.05 Å². The minimum atomic E-state index is -0.195. The summed E-state index contributed by atoms with van der Waals surface area (Å²) in [6.45, 7) is 0.408. The number of hydrazone groups is 1. The Morgan fingerprint density at radius 3 is 2.79 bits per heavy atom. The van der Waals surface area contributed by atoms with E-state index < -0.39 is 0 Å².